The van der Waals surface area contributed by atoms with Gasteiger partial charge in [0.2, 0.25) is 0 Å². The third-order valence-corrected chi connectivity index (χ3v) is 2.64. The van der Waals surface area contributed by atoms with E-state index in [4.69, 9.17) is 14.6 Å². The standard InChI is InChI=1S/C13H20O8/c1-7(2)4-19-5-8(15)6-20-12-10(17)13(18)21-11(12)9(16)3-14/h4,8-9,11-12,14-16H,3,5-6H2,1-2H3/t8?,9-,11+,12?/m0/s1. The van der Waals surface area contributed by atoms with Crippen molar-refractivity contribution in [2.45, 2.75) is 38.3 Å². The third kappa shape index (κ3) is 5.09. The first-order chi connectivity index (χ1) is 9.86. The third-order valence-electron chi connectivity index (χ3n) is 2.64. The Morgan fingerprint density at radius 3 is 2.57 bits per heavy atom. The Bertz CT molecular complexity index is 401. The van der Waals surface area contributed by atoms with Crippen LogP contribution in [0.15, 0.2) is 11.8 Å². The highest BCUT2D eigenvalue weighted by atomic mass is 16.6. The molecule has 0 aromatic heterocycles. The Balaban J connectivity index is 2.49. The van der Waals surface area contributed by atoms with Crippen molar-refractivity contribution in [3.63, 3.8) is 0 Å². The maximum Gasteiger partial charge on any atom is 0.378 e. The molecule has 1 saturated heterocycles. The van der Waals surface area contributed by atoms with E-state index in [0.717, 1.165) is 5.57 Å². The van der Waals surface area contributed by atoms with Crippen LogP contribution in [0.5, 0.6) is 0 Å². The van der Waals surface area contributed by atoms with Crippen LogP contribution in [0.4, 0.5) is 0 Å². The fraction of sp³-hybridized carbons (Fsp3) is 0.692. The van der Waals surface area contributed by atoms with Crippen molar-refractivity contribution in [1.82, 2.24) is 0 Å². The maximum absolute atomic E-state index is 11.5. The molecule has 120 valence electrons. The average Bonchev–Trinajstić information content (AvgIpc) is 2.71. The number of hydrogen-bond acceptors (Lipinski definition) is 8. The predicted molar refractivity (Wildman–Crippen MR) is 69.1 cm³/mol. The fourth-order valence-electron chi connectivity index (χ4n) is 1.65. The predicted octanol–water partition coefficient (Wildman–Crippen LogP) is -1.48. The molecular weight excluding hydrogens is 284 g/mol. The molecule has 3 N–H and O–H groups in total. The summed E-state index contributed by atoms with van der Waals surface area (Å²) in [7, 11) is 0. The Labute approximate surface area is 121 Å². The van der Waals surface area contributed by atoms with Gasteiger partial charge in [-0.05, 0) is 19.4 Å². The molecule has 0 spiro atoms. The summed E-state index contributed by atoms with van der Waals surface area (Å²) in [6, 6.07) is 0. The van der Waals surface area contributed by atoms with Gasteiger partial charge in [-0.1, -0.05) is 0 Å². The minimum absolute atomic E-state index is 0.0475. The summed E-state index contributed by atoms with van der Waals surface area (Å²) in [5, 5.41) is 28.0. The number of esters is 1. The van der Waals surface area contributed by atoms with E-state index < -0.39 is 42.8 Å². The molecule has 2 unspecified atom stereocenters. The van der Waals surface area contributed by atoms with Crippen molar-refractivity contribution in [1.29, 1.82) is 0 Å². The van der Waals surface area contributed by atoms with Crippen LogP contribution in [-0.4, -0.2) is 71.3 Å². The van der Waals surface area contributed by atoms with E-state index in [1.54, 1.807) is 0 Å². The van der Waals surface area contributed by atoms with Crippen LogP contribution in [0.2, 0.25) is 0 Å². The second-order valence-electron chi connectivity index (χ2n) is 4.92. The van der Waals surface area contributed by atoms with Gasteiger partial charge < -0.3 is 29.5 Å². The second kappa shape index (κ2) is 8.08. The lowest BCUT2D eigenvalue weighted by atomic mass is 10.1. The SMILES string of the molecule is CC(C)=COCC(O)COC1C(=O)C(=O)O[C@@H]1[C@@H](O)CO. The van der Waals surface area contributed by atoms with Gasteiger partial charge in [-0.25, -0.2) is 4.79 Å². The highest BCUT2D eigenvalue weighted by Crippen LogP contribution is 2.19. The van der Waals surface area contributed by atoms with E-state index in [2.05, 4.69) is 4.74 Å². The number of hydrogen-bond donors (Lipinski definition) is 3. The van der Waals surface area contributed by atoms with E-state index in [1.807, 2.05) is 13.8 Å². The highest BCUT2D eigenvalue weighted by molar-refractivity contribution is 6.37. The van der Waals surface area contributed by atoms with E-state index >= 15 is 0 Å². The molecule has 0 aromatic rings. The Hall–Kier alpha value is -1.48. The quantitative estimate of drug-likeness (QED) is 0.282. The molecule has 0 bridgehead atoms. The lowest BCUT2D eigenvalue weighted by Gasteiger charge is -2.21. The Morgan fingerprint density at radius 2 is 2.00 bits per heavy atom. The first-order valence-corrected chi connectivity index (χ1v) is 6.45. The number of aliphatic hydroxyl groups excluding tert-OH is 3. The van der Waals surface area contributed by atoms with E-state index in [1.165, 1.54) is 6.26 Å². The zero-order valence-corrected chi connectivity index (χ0v) is 11.9. The van der Waals surface area contributed by atoms with Gasteiger partial charge in [-0.2, -0.15) is 0 Å². The second-order valence-corrected chi connectivity index (χ2v) is 4.92. The van der Waals surface area contributed by atoms with Crippen LogP contribution >= 0.6 is 0 Å². The number of ether oxygens (including phenoxy) is 3. The summed E-state index contributed by atoms with van der Waals surface area (Å²) >= 11 is 0. The van der Waals surface area contributed by atoms with Gasteiger partial charge >= 0.3 is 5.97 Å². The summed E-state index contributed by atoms with van der Waals surface area (Å²) in [5.41, 5.74) is 0.916. The molecule has 8 nitrogen and oxygen atoms in total. The molecule has 8 heteroatoms. The summed E-state index contributed by atoms with van der Waals surface area (Å²) < 4.78 is 14.8. The molecular formula is C13H20O8. The van der Waals surface area contributed by atoms with Gasteiger partial charge in [0.25, 0.3) is 5.78 Å². The number of carbonyl (C=O) groups is 2. The van der Waals surface area contributed by atoms with E-state index in [-0.39, 0.29) is 13.2 Å². The fourth-order valence-corrected chi connectivity index (χ4v) is 1.65. The van der Waals surface area contributed by atoms with Gasteiger partial charge in [0.05, 0.1) is 19.5 Å². The zero-order valence-electron chi connectivity index (χ0n) is 11.9. The molecule has 1 heterocycles. The largest absolute Gasteiger partial charge is 0.498 e. The average molecular weight is 304 g/mol. The normalized spacial score (nSPS) is 24.4. The lowest BCUT2D eigenvalue weighted by Crippen LogP contribution is -2.42. The molecule has 21 heavy (non-hydrogen) atoms. The molecule has 0 radical (unpaired) electrons. The molecule has 1 aliphatic heterocycles. The smallest absolute Gasteiger partial charge is 0.378 e. The molecule has 1 fully saturated rings. The number of cyclic esters (lactones) is 1. The topological polar surface area (TPSA) is 123 Å². The van der Waals surface area contributed by atoms with Crippen molar-refractivity contribution < 1.29 is 39.1 Å². The molecule has 0 amide bonds. The number of aliphatic hydroxyl groups is 3. The van der Waals surface area contributed by atoms with Crippen LogP contribution in [0.1, 0.15) is 13.8 Å². The van der Waals surface area contributed by atoms with Crippen molar-refractivity contribution in [3.8, 4) is 0 Å². The van der Waals surface area contributed by atoms with E-state index in [0.29, 0.717) is 0 Å². The van der Waals surface area contributed by atoms with Crippen LogP contribution in [-0.2, 0) is 23.8 Å². The summed E-state index contributed by atoms with van der Waals surface area (Å²) in [6.45, 7) is 2.64. The van der Waals surface area contributed by atoms with E-state index in [9.17, 15) is 19.8 Å². The molecule has 0 aromatic carbocycles. The number of Topliss-reactive ketones (excluding diaryl/α,β-unsaturated/α-hetero) is 1. The minimum atomic E-state index is -1.43. The van der Waals surface area contributed by atoms with Crippen molar-refractivity contribution >= 4 is 11.8 Å². The molecule has 0 saturated carbocycles. The zero-order chi connectivity index (χ0) is 16.0. The molecule has 1 rings (SSSR count). The monoisotopic (exact) mass is 304 g/mol. The van der Waals surface area contributed by atoms with Crippen LogP contribution in [0, 0.1) is 0 Å². The van der Waals surface area contributed by atoms with Crippen molar-refractivity contribution in [2.24, 2.45) is 0 Å². The first kappa shape index (κ1) is 17.6. The van der Waals surface area contributed by atoms with Crippen LogP contribution in [0.25, 0.3) is 0 Å². The molecule has 0 aliphatic carbocycles. The van der Waals surface area contributed by atoms with Crippen LogP contribution in [0.3, 0.4) is 0 Å². The van der Waals surface area contributed by atoms with Gasteiger partial charge in [-0.3, -0.25) is 4.79 Å². The maximum atomic E-state index is 11.5. The van der Waals surface area contributed by atoms with Crippen molar-refractivity contribution in [3.05, 3.63) is 11.8 Å². The Kier molecular flexibility index (Phi) is 6.76. The minimum Gasteiger partial charge on any atom is -0.498 e. The van der Waals surface area contributed by atoms with Crippen molar-refractivity contribution in [2.75, 3.05) is 19.8 Å². The van der Waals surface area contributed by atoms with Gasteiger partial charge in [0.1, 0.15) is 18.8 Å². The number of ketones is 1. The highest BCUT2D eigenvalue weighted by Gasteiger charge is 2.48. The first-order valence-electron chi connectivity index (χ1n) is 6.45. The lowest BCUT2D eigenvalue weighted by molar-refractivity contribution is -0.152. The van der Waals surface area contributed by atoms with Crippen LogP contribution < -0.4 is 0 Å². The van der Waals surface area contributed by atoms with Gasteiger partial charge in [-0.15, -0.1) is 0 Å². The Morgan fingerprint density at radius 1 is 1.33 bits per heavy atom. The van der Waals surface area contributed by atoms with Gasteiger partial charge in [0, 0.05) is 0 Å². The number of rotatable bonds is 8. The summed E-state index contributed by atoms with van der Waals surface area (Å²) in [6.07, 6.45) is -3.60. The van der Waals surface area contributed by atoms with Gasteiger partial charge in [0.15, 0.2) is 12.2 Å². The number of allylic oxidation sites excluding steroid dienone is 1. The molecule has 4 atom stereocenters. The summed E-state index contributed by atoms with van der Waals surface area (Å²) in [4.78, 5) is 22.7. The summed E-state index contributed by atoms with van der Waals surface area (Å²) in [5.74, 6) is -2.09. The molecule has 1 aliphatic rings. The number of carbonyl (C=O) groups excluding carboxylic acids is 2.